The number of nitrogen functional groups attached to an aromatic ring is 1. The van der Waals surface area contributed by atoms with E-state index in [1.165, 1.54) is 17.0 Å². The van der Waals surface area contributed by atoms with Crippen LogP contribution in [0.3, 0.4) is 0 Å². The number of halogens is 3. The smallest absolute Gasteiger partial charge is 0.416 e. The number of aromatic hydroxyl groups is 1. The lowest BCUT2D eigenvalue weighted by Crippen LogP contribution is -2.23. The van der Waals surface area contributed by atoms with E-state index < -0.39 is 17.8 Å². The summed E-state index contributed by atoms with van der Waals surface area (Å²) in [5, 5.41) is 17.5. The molecule has 0 saturated heterocycles. The molecular weight excluding hydrogens is 509 g/mol. The van der Waals surface area contributed by atoms with E-state index in [4.69, 9.17) is 5.73 Å². The maximum atomic E-state index is 13.3. The van der Waals surface area contributed by atoms with Crippen LogP contribution in [0, 0.1) is 6.92 Å². The van der Waals surface area contributed by atoms with Crippen LogP contribution in [0.15, 0.2) is 54.6 Å². The Hall–Kier alpha value is -4.54. The van der Waals surface area contributed by atoms with Gasteiger partial charge in [0.05, 0.1) is 23.5 Å². The second kappa shape index (κ2) is 10.7. The number of carbonyl (C=O) groups excluding carboxylic acids is 1. The number of nitrogens with one attached hydrogen (secondary N) is 2. The average molecular weight is 539 g/mol. The standard InChI is InChI=1S/C28H29F3N6O2/c1-15(18-9-19(28(29,30)31)12-20(32)10-18)33-27-23-13-21(7-8-24(23)34-16(2)35-27)36-22-6-5-17(25(38)14-22)11-26(39)37(3)4/h5-10,12-15,36,38H,11,32H2,1-4H3,(H,33,34,35)/t15-/m1/s1. The summed E-state index contributed by atoms with van der Waals surface area (Å²) < 4.78 is 40.0. The molecule has 0 unspecified atom stereocenters. The zero-order chi connectivity index (χ0) is 28.5. The van der Waals surface area contributed by atoms with Gasteiger partial charge in [0.1, 0.15) is 17.4 Å². The number of hydrogen-bond acceptors (Lipinski definition) is 7. The third-order valence-corrected chi connectivity index (χ3v) is 6.18. The predicted molar refractivity (Wildman–Crippen MR) is 146 cm³/mol. The minimum absolute atomic E-state index is 0.00788. The normalized spacial score (nSPS) is 12.3. The monoisotopic (exact) mass is 538 g/mol. The van der Waals surface area contributed by atoms with Crippen molar-refractivity contribution < 1.29 is 23.1 Å². The molecule has 1 aromatic heterocycles. The van der Waals surface area contributed by atoms with Crippen LogP contribution in [0.2, 0.25) is 0 Å². The van der Waals surface area contributed by atoms with E-state index in [0.29, 0.717) is 45.0 Å². The first kappa shape index (κ1) is 27.5. The van der Waals surface area contributed by atoms with Gasteiger partial charge in [-0.2, -0.15) is 13.2 Å². The molecule has 8 nitrogen and oxygen atoms in total. The molecule has 4 rings (SSSR count). The van der Waals surface area contributed by atoms with Crippen LogP contribution in [0.5, 0.6) is 5.75 Å². The zero-order valence-electron chi connectivity index (χ0n) is 21.9. The number of nitrogens with two attached hydrogens (primary N) is 1. The summed E-state index contributed by atoms with van der Waals surface area (Å²) in [5.74, 6) is 0.809. The molecule has 0 saturated carbocycles. The highest BCUT2D eigenvalue weighted by Gasteiger charge is 2.31. The molecule has 0 fully saturated rings. The van der Waals surface area contributed by atoms with Gasteiger partial charge in [-0.3, -0.25) is 4.79 Å². The first-order valence-electron chi connectivity index (χ1n) is 12.1. The van der Waals surface area contributed by atoms with E-state index in [0.717, 1.165) is 12.1 Å². The Labute approximate surface area is 223 Å². The number of aromatic nitrogens is 2. The number of amides is 1. The molecule has 39 heavy (non-hydrogen) atoms. The lowest BCUT2D eigenvalue weighted by atomic mass is 10.0. The number of alkyl halides is 3. The van der Waals surface area contributed by atoms with Crippen LogP contribution in [0.1, 0.15) is 35.5 Å². The number of benzene rings is 3. The molecule has 0 aliphatic heterocycles. The van der Waals surface area contributed by atoms with Crippen molar-refractivity contribution in [2.75, 3.05) is 30.5 Å². The van der Waals surface area contributed by atoms with Crippen LogP contribution >= 0.6 is 0 Å². The number of anilines is 4. The van der Waals surface area contributed by atoms with E-state index in [9.17, 15) is 23.1 Å². The van der Waals surface area contributed by atoms with Crippen molar-refractivity contribution in [2.45, 2.75) is 32.5 Å². The summed E-state index contributed by atoms with van der Waals surface area (Å²) in [7, 11) is 3.30. The van der Waals surface area contributed by atoms with Crippen LogP contribution < -0.4 is 16.4 Å². The average Bonchev–Trinajstić information content (AvgIpc) is 2.85. The molecule has 1 amide bonds. The first-order valence-corrected chi connectivity index (χ1v) is 12.1. The van der Waals surface area contributed by atoms with Crippen LogP contribution in [0.4, 0.5) is 36.1 Å². The number of nitrogens with zero attached hydrogens (tertiary/aromatic N) is 3. The van der Waals surface area contributed by atoms with Crippen molar-refractivity contribution in [3.05, 3.63) is 77.1 Å². The van der Waals surface area contributed by atoms with Gasteiger partial charge in [-0.15, -0.1) is 0 Å². The van der Waals surface area contributed by atoms with E-state index in [1.54, 1.807) is 46.1 Å². The Morgan fingerprint density at radius 3 is 2.41 bits per heavy atom. The van der Waals surface area contributed by atoms with E-state index in [-0.39, 0.29) is 23.8 Å². The van der Waals surface area contributed by atoms with Gasteiger partial charge in [-0.05, 0) is 61.9 Å². The van der Waals surface area contributed by atoms with Gasteiger partial charge in [0.15, 0.2) is 0 Å². The third-order valence-electron chi connectivity index (χ3n) is 6.18. The minimum Gasteiger partial charge on any atom is -0.508 e. The molecule has 204 valence electrons. The number of rotatable bonds is 7. The Kier molecular flexibility index (Phi) is 7.53. The SMILES string of the molecule is Cc1nc(N[C@H](C)c2cc(N)cc(C(F)(F)F)c2)c2cc(Nc3ccc(CC(=O)N(C)C)c(O)c3)ccc2n1. The van der Waals surface area contributed by atoms with Crippen molar-refractivity contribution in [3.8, 4) is 5.75 Å². The maximum Gasteiger partial charge on any atom is 0.416 e. The summed E-state index contributed by atoms with van der Waals surface area (Å²) in [6.45, 7) is 3.46. The van der Waals surface area contributed by atoms with Crippen LogP contribution in [0.25, 0.3) is 10.9 Å². The van der Waals surface area contributed by atoms with Crippen molar-refractivity contribution in [2.24, 2.45) is 0 Å². The summed E-state index contributed by atoms with van der Waals surface area (Å²) in [4.78, 5) is 22.4. The summed E-state index contributed by atoms with van der Waals surface area (Å²) in [5.41, 5.74) is 7.75. The number of phenols is 1. The minimum atomic E-state index is -4.52. The van der Waals surface area contributed by atoms with Crippen molar-refractivity contribution in [1.29, 1.82) is 0 Å². The second-order valence-corrected chi connectivity index (χ2v) is 9.54. The topological polar surface area (TPSA) is 116 Å². The summed E-state index contributed by atoms with van der Waals surface area (Å²) in [6.07, 6.45) is -4.44. The van der Waals surface area contributed by atoms with Crippen LogP contribution in [-0.2, 0) is 17.4 Å². The highest BCUT2D eigenvalue weighted by Crippen LogP contribution is 2.34. The summed E-state index contributed by atoms with van der Waals surface area (Å²) >= 11 is 0. The van der Waals surface area contributed by atoms with Crippen LogP contribution in [-0.4, -0.2) is 40.0 Å². The maximum absolute atomic E-state index is 13.3. The molecule has 11 heteroatoms. The van der Waals surface area contributed by atoms with Gasteiger partial charge < -0.3 is 26.4 Å². The number of aryl methyl sites for hydroxylation is 1. The molecule has 5 N–H and O–H groups in total. The number of hydrogen-bond donors (Lipinski definition) is 4. The van der Waals surface area contributed by atoms with Crippen molar-refractivity contribution in [1.82, 2.24) is 14.9 Å². The number of carbonyl (C=O) groups is 1. The molecule has 1 heterocycles. The van der Waals surface area contributed by atoms with E-state index in [1.807, 2.05) is 12.1 Å². The van der Waals surface area contributed by atoms with E-state index in [2.05, 4.69) is 20.6 Å². The molecule has 0 radical (unpaired) electrons. The second-order valence-electron chi connectivity index (χ2n) is 9.54. The fourth-order valence-electron chi connectivity index (χ4n) is 4.09. The number of phenolic OH excluding ortho intramolecular Hbond substituents is 1. The molecule has 0 aliphatic carbocycles. The molecule has 1 atom stereocenters. The fourth-order valence-corrected chi connectivity index (χ4v) is 4.09. The van der Waals surface area contributed by atoms with Gasteiger partial charge >= 0.3 is 6.18 Å². The molecule has 0 bridgehead atoms. The highest BCUT2D eigenvalue weighted by molar-refractivity contribution is 5.92. The Morgan fingerprint density at radius 1 is 1.05 bits per heavy atom. The van der Waals surface area contributed by atoms with E-state index >= 15 is 0 Å². The Bertz CT molecular complexity index is 1540. The van der Waals surface area contributed by atoms with Gasteiger partial charge in [0.2, 0.25) is 5.91 Å². The Morgan fingerprint density at radius 2 is 1.74 bits per heavy atom. The fraction of sp³-hybridized carbons (Fsp3) is 0.250. The molecule has 0 spiro atoms. The molecule has 4 aromatic rings. The quantitative estimate of drug-likeness (QED) is 0.220. The number of likely N-dealkylation sites (N-methyl/N-ethyl adjacent to an activating group) is 1. The highest BCUT2D eigenvalue weighted by atomic mass is 19.4. The predicted octanol–water partition coefficient (Wildman–Crippen LogP) is 5.79. The largest absolute Gasteiger partial charge is 0.508 e. The van der Waals surface area contributed by atoms with Gasteiger partial charge in [0.25, 0.3) is 0 Å². The van der Waals surface area contributed by atoms with Crippen molar-refractivity contribution in [3.63, 3.8) is 0 Å². The molecule has 3 aromatic carbocycles. The Balaban J connectivity index is 1.62. The van der Waals surface area contributed by atoms with Gasteiger partial charge in [0, 0.05) is 48.2 Å². The van der Waals surface area contributed by atoms with Gasteiger partial charge in [-0.25, -0.2) is 9.97 Å². The summed E-state index contributed by atoms with van der Waals surface area (Å²) in [6, 6.07) is 13.3. The lowest BCUT2D eigenvalue weighted by molar-refractivity contribution is -0.137. The van der Waals surface area contributed by atoms with Crippen molar-refractivity contribution >= 4 is 39.7 Å². The molecule has 0 aliphatic rings. The number of fused-ring (bicyclic) bond motifs is 1. The lowest BCUT2D eigenvalue weighted by Gasteiger charge is -2.19. The third kappa shape index (κ3) is 6.49. The van der Waals surface area contributed by atoms with Gasteiger partial charge in [-0.1, -0.05) is 6.07 Å². The first-order chi connectivity index (χ1) is 18.3. The molecular formula is C28H29F3N6O2. The zero-order valence-corrected chi connectivity index (χ0v) is 21.9.